The molecular formula is C56H51IrN3O-2. The van der Waals surface area contributed by atoms with E-state index < -0.39 is 18.6 Å². The van der Waals surface area contributed by atoms with Crippen molar-refractivity contribution in [2.75, 3.05) is 0 Å². The number of aromatic nitrogens is 3. The molecule has 61 heavy (non-hydrogen) atoms. The van der Waals surface area contributed by atoms with E-state index in [-0.39, 0.29) is 31.2 Å². The predicted octanol–water partition coefficient (Wildman–Crippen LogP) is 15.4. The first-order chi connectivity index (χ1) is 30.9. The molecular weight excluding hydrogens is 923 g/mol. The van der Waals surface area contributed by atoms with E-state index in [1.54, 1.807) is 32.9 Å². The molecule has 0 aliphatic heterocycles. The van der Waals surface area contributed by atoms with Gasteiger partial charge < -0.3 is 14.0 Å². The first-order valence-corrected chi connectivity index (χ1v) is 20.7. The summed E-state index contributed by atoms with van der Waals surface area (Å²) in [6, 6.07) is 51.7. The number of pyridine rings is 1. The Morgan fingerprint density at radius 1 is 0.721 bits per heavy atom. The molecule has 0 N–H and O–H groups in total. The number of imidazole rings is 1. The van der Waals surface area contributed by atoms with Crippen LogP contribution in [0.15, 0.2) is 144 Å². The summed E-state index contributed by atoms with van der Waals surface area (Å²) in [5.41, 5.74) is 8.60. The molecule has 0 fully saturated rings. The Balaban J connectivity index is 0.000000187. The van der Waals surface area contributed by atoms with E-state index in [2.05, 4.69) is 134 Å². The van der Waals surface area contributed by atoms with E-state index in [0.717, 1.165) is 60.3 Å². The van der Waals surface area contributed by atoms with Gasteiger partial charge in [0.05, 0.1) is 22.4 Å². The molecule has 4 nitrogen and oxygen atoms in total. The third-order valence-corrected chi connectivity index (χ3v) is 11.0. The molecule has 0 saturated carbocycles. The van der Waals surface area contributed by atoms with Crippen LogP contribution in [0.25, 0.3) is 82.8 Å². The van der Waals surface area contributed by atoms with Crippen LogP contribution in [-0.4, -0.2) is 14.5 Å². The Morgan fingerprint density at radius 3 is 2.20 bits per heavy atom. The summed E-state index contributed by atoms with van der Waals surface area (Å²) < 4.78 is 50.5. The molecule has 0 aliphatic carbocycles. The molecule has 0 aliphatic rings. The average molecular weight is 979 g/mol. The van der Waals surface area contributed by atoms with Crippen molar-refractivity contribution in [1.29, 1.82) is 0 Å². The molecule has 307 valence electrons. The topological polar surface area (TPSA) is 43.9 Å². The van der Waals surface area contributed by atoms with Gasteiger partial charge in [-0.2, -0.15) is 0 Å². The van der Waals surface area contributed by atoms with Gasteiger partial charge in [-0.05, 0) is 98.7 Å². The Labute approximate surface area is 380 Å². The van der Waals surface area contributed by atoms with E-state index in [1.807, 2.05) is 36.4 Å². The summed E-state index contributed by atoms with van der Waals surface area (Å²) in [7, 11) is 0. The van der Waals surface area contributed by atoms with Crippen LogP contribution in [0.1, 0.15) is 89.4 Å². The van der Waals surface area contributed by atoms with E-state index in [9.17, 15) is 0 Å². The second-order valence-electron chi connectivity index (χ2n) is 17.2. The number of hydrogen-bond acceptors (Lipinski definition) is 3. The molecule has 0 amide bonds. The number of fused-ring (bicyclic) bond motifs is 7. The van der Waals surface area contributed by atoms with E-state index >= 15 is 0 Å². The molecule has 0 saturated heterocycles. The largest absolute Gasteiger partial charge is 0.501 e. The fraction of sp³-hybridized carbons (Fsp3) is 0.214. The first kappa shape index (κ1) is 35.8. The smallest absolute Gasteiger partial charge is 0.121 e. The van der Waals surface area contributed by atoms with Crippen LogP contribution in [0.2, 0.25) is 0 Å². The van der Waals surface area contributed by atoms with E-state index in [4.69, 9.17) is 16.3 Å². The molecule has 3 heterocycles. The molecule has 0 bridgehead atoms. The van der Waals surface area contributed by atoms with Crippen LogP contribution >= 0.6 is 0 Å². The zero-order valence-electron chi connectivity index (χ0n) is 40.5. The second kappa shape index (κ2) is 16.9. The van der Waals surface area contributed by atoms with Crippen LogP contribution in [0.4, 0.5) is 0 Å². The van der Waals surface area contributed by atoms with Crippen LogP contribution in [-0.2, 0) is 26.5 Å². The SMILES string of the molecule is CC(C)c1cccc(C(C)C)c1-n1c(-c2[c-]cccc2)nc2ccccc21.[2H]C([2H])([2H])c1cnc(-c2[c-]ccc3c2oc2cc4c(ccc5ccccc54)cc23)cc1C([2H])([2H])C(C)(C)C.[Ir]. The average Bonchev–Trinajstić information content (AvgIpc) is 3.86. The number of nitrogens with zero attached hydrogens (tertiary/aromatic N) is 3. The van der Waals surface area contributed by atoms with E-state index in [0.29, 0.717) is 28.7 Å². The van der Waals surface area contributed by atoms with Gasteiger partial charge in [0.2, 0.25) is 0 Å². The molecule has 0 unspecified atom stereocenters. The molecule has 0 atom stereocenters. The third-order valence-electron chi connectivity index (χ3n) is 11.0. The normalized spacial score (nSPS) is 13.5. The number of para-hydroxylation sites is 3. The molecule has 5 heteroatoms. The predicted molar refractivity (Wildman–Crippen MR) is 252 cm³/mol. The van der Waals surface area contributed by atoms with E-state index in [1.165, 1.54) is 23.0 Å². The van der Waals surface area contributed by atoms with Gasteiger partial charge in [-0.1, -0.05) is 138 Å². The van der Waals surface area contributed by atoms with Crippen molar-refractivity contribution in [3.05, 3.63) is 174 Å². The summed E-state index contributed by atoms with van der Waals surface area (Å²) in [4.78, 5) is 9.46. The number of benzene rings is 7. The van der Waals surface area contributed by atoms with Crippen molar-refractivity contribution in [3.8, 4) is 28.3 Å². The van der Waals surface area contributed by atoms with Gasteiger partial charge in [-0.25, -0.2) is 0 Å². The fourth-order valence-corrected chi connectivity index (χ4v) is 8.27. The maximum atomic E-state index is 8.85. The molecule has 3 aromatic heterocycles. The van der Waals surface area contributed by atoms with Crippen LogP contribution in [0, 0.1) is 24.4 Å². The van der Waals surface area contributed by atoms with Gasteiger partial charge in [0.25, 0.3) is 0 Å². The van der Waals surface area contributed by atoms with Crippen molar-refractivity contribution in [3.63, 3.8) is 0 Å². The Morgan fingerprint density at radius 2 is 1.46 bits per heavy atom. The van der Waals surface area contributed by atoms with Gasteiger partial charge in [0.1, 0.15) is 5.58 Å². The first-order valence-electron chi connectivity index (χ1n) is 23.2. The van der Waals surface area contributed by atoms with Crippen molar-refractivity contribution in [2.24, 2.45) is 5.41 Å². The van der Waals surface area contributed by atoms with Gasteiger partial charge in [0, 0.05) is 44.2 Å². The van der Waals surface area contributed by atoms with Crippen molar-refractivity contribution in [2.45, 2.75) is 73.5 Å². The van der Waals surface area contributed by atoms with Crippen LogP contribution in [0.3, 0.4) is 0 Å². The monoisotopic (exact) mass is 979 g/mol. The minimum atomic E-state index is -2.50. The summed E-state index contributed by atoms with van der Waals surface area (Å²) in [5.74, 6) is 1.80. The van der Waals surface area contributed by atoms with Crippen molar-refractivity contribution in [1.82, 2.24) is 14.5 Å². The summed E-state index contributed by atoms with van der Waals surface area (Å²) in [6.45, 7) is 11.8. The van der Waals surface area contributed by atoms with Crippen LogP contribution in [0.5, 0.6) is 0 Å². The molecule has 1 radical (unpaired) electrons. The summed E-state index contributed by atoms with van der Waals surface area (Å²) in [5, 5.41) is 6.36. The Hall–Kier alpha value is -5.87. The minimum Gasteiger partial charge on any atom is -0.501 e. The fourth-order valence-electron chi connectivity index (χ4n) is 8.27. The Kier molecular flexibility index (Phi) is 9.92. The maximum Gasteiger partial charge on any atom is 0.121 e. The van der Waals surface area contributed by atoms with Gasteiger partial charge >= 0.3 is 0 Å². The summed E-state index contributed by atoms with van der Waals surface area (Å²) >= 11 is 0. The molecule has 7 aromatic carbocycles. The van der Waals surface area contributed by atoms with Crippen molar-refractivity contribution < 1.29 is 31.4 Å². The molecule has 0 spiro atoms. The van der Waals surface area contributed by atoms with Crippen molar-refractivity contribution >= 4 is 54.5 Å². The van der Waals surface area contributed by atoms with Gasteiger partial charge in [-0.15, -0.1) is 54.1 Å². The Bertz CT molecular complexity index is 3370. The number of rotatable bonds is 6. The summed E-state index contributed by atoms with van der Waals surface area (Å²) in [6.07, 6.45) is -0.647. The number of aryl methyl sites for hydroxylation is 1. The number of hydrogen-bond donors (Lipinski definition) is 0. The molecule has 10 aromatic rings. The maximum absolute atomic E-state index is 8.85. The minimum absolute atomic E-state index is 0. The zero-order chi connectivity index (χ0) is 46.0. The zero-order valence-corrected chi connectivity index (χ0v) is 37.9. The van der Waals surface area contributed by atoms with Gasteiger partial charge in [-0.3, -0.25) is 4.98 Å². The van der Waals surface area contributed by atoms with Crippen LogP contribution < -0.4 is 0 Å². The molecule has 10 rings (SSSR count). The quantitative estimate of drug-likeness (QED) is 0.123. The van der Waals surface area contributed by atoms with Gasteiger partial charge in [0.15, 0.2) is 0 Å². The standard InChI is InChI=1S/C31H26NO.C25H25N2.Ir/c1-19-18-32-28(15-22(19)17-31(2,3)4)25-11-7-10-24-27-14-21-13-12-20-8-5-6-9-23(20)26(21)16-29(27)33-30(24)25;1-17(2)20-13-10-14-21(18(3)4)24(20)27-23-16-9-8-15-22(23)26-25(27)19-11-6-5-7-12-19;/h5-10,12-16,18H,17H2,1-4H3;5-11,13-18H,1-4H3;/q2*-1;/i1D3,17D2;;. The second-order valence-corrected chi connectivity index (χ2v) is 17.2. The third kappa shape index (κ3) is 8.06. The number of furan rings is 1.